The predicted molar refractivity (Wildman–Crippen MR) is 118 cm³/mol. The zero-order valence-corrected chi connectivity index (χ0v) is 18.2. The molecule has 0 aliphatic heterocycles. The van der Waals surface area contributed by atoms with Gasteiger partial charge < -0.3 is 25.4 Å². The van der Waals surface area contributed by atoms with Crippen LogP contribution in [0.15, 0.2) is 41.4 Å². The summed E-state index contributed by atoms with van der Waals surface area (Å²) in [6.07, 6.45) is -0.630. The molecule has 1 aromatic heterocycles. The van der Waals surface area contributed by atoms with E-state index in [-0.39, 0.29) is 0 Å². The molecule has 6 nitrogen and oxygen atoms in total. The molecule has 2 aromatic rings. The predicted octanol–water partition coefficient (Wildman–Crippen LogP) is 3.13. The van der Waals surface area contributed by atoms with E-state index in [4.69, 9.17) is 16.3 Å². The number of aliphatic hydroxyl groups is 1. The first-order valence-corrected chi connectivity index (χ1v) is 10.5. The van der Waals surface area contributed by atoms with Crippen molar-refractivity contribution in [2.45, 2.75) is 19.6 Å². The first-order valence-electron chi connectivity index (χ1n) is 9.30. The van der Waals surface area contributed by atoms with E-state index in [2.05, 4.69) is 20.5 Å². The first kappa shape index (κ1) is 22.5. The molecule has 1 heterocycles. The van der Waals surface area contributed by atoms with Crippen molar-refractivity contribution in [2.24, 2.45) is 4.99 Å². The third-order valence-electron chi connectivity index (χ3n) is 3.85. The van der Waals surface area contributed by atoms with Crippen molar-refractivity contribution >= 4 is 28.9 Å². The summed E-state index contributed by atoms with van der Waals surface area (Å²) in [6.45, 7) is 5.13. The van der Waals surface area contributed by atoms with Gasteiger partial charge in [-0.05, 0) is 50.8 Å². The normalized spacial score (nSPS) is 12.9. The first-order chi connectivity index (χ1) is 13.5. The third kappa shape index (κ3) is 8.06. The number of likely N-dealkylation sites (N-methyl/N-ethyl adjacent to an activating group) is 1. The fourth-order valence-corrected chi connectivity index (χ4v) is 3.44. The van der Waals surface area contributed by atoms with Crippen LogP contribution >= 0.6 is 22.9 Å². The van der Waals surface area contributed by atoms with E-state index >= 15 is 0 Å². The average molecular weight is 425 g/mol. The van der Waals surface area contributed by atoms with Gasteiger partial charge in [-0.1, -0.05) is 23.7 Å². The van der Waals surface area contributed by atoms with E-state index in [1.54, 1.807) is 6.07 Å². The molecule has 0 spiro atoms. The molecular weight excluding hydrogens is 396 g/mol. The average Bonchev–Trinajstić information content (AvgIpc) is 3.10. The van der Waals surface area contributed by atoms with Crippen LogP contribution in [0, 0.1) is 0 Å². The minimum absolute atomic E-state index is 0.358. The molecule has 0 radical (unpaired) electrons. The molecule has 1 atom stereocenters. The number of nitrogens with one attached hydrogen (secondary N) is 2. The van der Waals surface area contributed by atoms with Crippen LogP contribution in [0.3, 0.4) is 0 Å². The van der Waals surface area contributed by atoms with E-state index in [0.717, 1.165) is 29.3 Å². The lowest BCUT2D eigenvalue weighted by molar-refractivity contribution is 0.184. The van der Waals surface area contributed by atoms with Crippen molar-refractivity contribution in [3.05, 3.63) is 51.2 Å². The van der Waals surface area contributed by atoms with Crippen LogP contribution in [0.1, 0.15) is 23.5 Å². The Bertz CT molecular complexity index is 751. The van der Waals surface area contributed by atoms with Crippen molar-refractivity contribution < 1.29 is 9.84 Å². The molecule has 0 saturated carbocycles. The zero-order chi connectivity index (χ0) is 20.4. The van der Waals surface area contributed by atoms with Crippen molar-refractivity contribution in [3.63, 3.8) is 0 Å². The fraction of sp³-hybridized carbons (Fsp3) is 0.450. The highest BCUT2D eigenvalue weighted by Gasteiger charge is 2.11. The minimum atomic E-state index is -0.630. The monoisotopic (exact) mass is 424 g/mol. The van der Waals surface area contributed by atoms with E-state index in [9.17, 15) is 5.11 Å². The van der Waals surface area contributed by atoms with Gasteiger partial charge in [-0.15, -0.1) is 11.3 Å². The lowest BCUT2D eigenvalue weighted by atomic mass is 10.2. The summed E-state index contributed by atoms with van der Waals surface area (Å²) in [5, 5.41) is 16.7. The number of aliphatic imine (C=N–C) groups is 1. The van der Waals surface area contributed by atoms with Gasteiger partial charge in [0.2, 0.25) is 0 Å². The van der Waals surface area contributed by atoms with E-state index in [1.807, 2.05) is 51.4 Å². The summed E-state index contributed by atoms with van der Waals surface area (Å²) in [6, 6.07) is 11.6. The highest BCUT2D eigenvalue weighted by molar-refractivity contribution is 7.16. The van der Waals surface area contributed by atoms with Crippen LogP contribution in [0.4, 0.5) is 0 Å². The quantitative estimate of drug-likeness (QED) is 0.404. The lowest BCUT2D eigenvalue weighted by Gasteiger charge is -2.14. The van der Waals surface area contributed by atoms with Gasteiger partial charge in [0, 0.05) is 24.5 Å². The van der Waals surface area contributed by atoms with Gasteiger partial charge in [0.1, 0.15) is 18.5 Å². The molecule has 0 aliphatic rings. The second kappa shape index (κ2) is 11.9. The molecule has 3 N–H and O–H groups in total. The second-order valence-corrected chi connectivity index (χ2v) is 8.28. The standard InChI is InChI=1S/C20H29ClN4O2S/c1-4-22-20(24-14-17(26)18-8-9-19(21)28-18)23-13-15-6-5-7-16(12-15)27-11-10-25(2)3/h5-9,12,17,26H,4,10-11,13-14H2,1-3H3,(H2,22,23,24). The molecule has 2 rings (SSSR count). The van der Waals surface area contributed by atoms with E-state index in [1.165, 1.54) is 11.3 Å². The van der Waals surface area contributed by atoms with Crippen LogP contribution < -0.4 is 15.4 Å². The van der Waals surface area contributed by atoms with Crippen molar-refractivity contribution in [3.8, 4) is 5.75 Å². The van der Waals surface area contributed by atoms with Crippen molar-refractivity contribution in [1.82, 2.24) is 15.5 Å². The number of hydrogen-bond donors (Lipinski definition) is 3. The number of nitrogens with zero attached hydrogens (tertiary/aromatic N) is 2. The topological polar surface area (TPSA) is 69.1 Å². The summed E-state index contributed by atoms with van der Waals surface area (Å²) >= 11 is 7.31. The molecular formula is C20H29ClN4O2S. The molecule has 0 aliphatic carbocycles. The Morgan fingerprint density at radius 3 is 2.79 bits per heavy atom. The summed E-state index contributed by atoms with van der Waals surface area (Å²) < 4.78 is 6.45. The van der Waals surface area contributed by atoms with E-state index in [0.29, 0.717) is 30.0 Å². The molecule has 28 heavy (non-hydrogen) atoms. The van der Waals surface area contributed by atoms with Crippen molar-refractivity contribution in [1.29, 1.82) is 0 Å². The van der Waals surface area contributed by atoms with Gasteiger partial charge in [0.05, 0.1) is 10.9 Å². The van der Waals surface area contributed by atoms with Gasteiger partial charge in [-0.3, -0.25) is 0 Å². The molecule has 1 unspecified atom stereocenters. The number of hydrogen-bond acceptors (Lipinski definition) is 5. The zero-order valence-electron chi connectivity index (χ0n) is 16.6. The number of guanidine groups is 1. The summed E-state index contributed by atoms with van der Waals surface area (Å²) in [5.74, 6) is 1.50. The number of ether oxygens (including phenoxy) is 1. The second-order valence-electron chi connectivity index (χ2n) is 6.53. The smallest absolute Gasteiger partial charge is 0.191 e. The Hall–Kier alpha value is -1.80. The number of aliphatic hydroxyl groups excluding tert-OH is 1. The van der Waals surface area contributed by atoms with Crippen LogP contribution in [-0.2, 0) is 6.54 Å². The third-order valence-corrected chi connectivity index (χ3v) is 5.19. The number of thiophene rings is 1. The summed E-state index contributed by atoms with van der Waals surface area (Å²) in [7, 11) is 4.04. The Morgan fingerprint density at radius 1 is 1.29 bits per heavy atom. The summed E-state index contributed by atoms with van der Waals surface area (Å²) in [4.78, 5) is 7.51. The van der Waals surface area contributed by atoms with Gasteiger partial charge in [-0.2, -0.15) is 0 Å². The SMILES string of the molecule is CCNC(=NCc1cccc(OCCN(C)C)c1)NCC(O)c1ccc(Cl)s1. The minimum Gasteiger partial charge on any atom is -0.492 e. The van der Waals surface area contributed by atoms with Crippen LogP contribution in [-0.4, -0.2) is 56.3 Å². The molecule has 0 amide bonds. The molecule has 0 fully saturated rings. The van der Waals surface area contributed by atoms with Gasteiger partial charge in [0.15, 0.2) is 5.96 Å². The number of benzene rings is 1. The van der Waals surface area contributed by atoms with Gasteiger partial charge >= 0.3 is 0 Å². The molecule has 154 valence electrons. The van der Waals surface area contributed by atoms with Gasteiger partial charge in [-0.25, -0.2) is 4.99 Å². The highest BCUT2D eigenvalue weighted by atomic mass is 35.5. The fourth-order valence-electron chi connectivity index (χ4n) is 2.39. The van der Waals surface area contributed by atoms with Crippen LogP contribution in [0.25, 0.3) is 0 Å². The maximum Gasteiger partial charge on any atom is 0.191 e. The van der Waals surface area contributed by atoms with Crippen LogP contribution in [0.2, 0.25) is 4.34 Å². The maximum atomic E-state index is 10.3. The Balaban J connectivity index is 1.90. The van der Waals surface area contributed by atoms with Crippen molar-refractivity contribution in [2.75, 3.05) is 40.3 Å². The summed E-state index contributed by atoms with van der Waals surface area (Å²) in [5.41, 5.74) is 1.06. The molecule has 0 saturated heterocycles. The largest absolute Gasteiger partial charge is 0.492 e. The Morgan fingerprint density at radius 2 is 2.11 bits per heavy atom. The highest BCUT2D eigenvalue weighted by Crippen LogP contribution is 2.26. The van der Waals surface area contributed by atoms with E-state index < -0.39 is 6.10 Å². The number of rotatable bonds is 10. The molecule has 0 bridgehead atoms. The molecule has 1 aromatic carbocycles. The number of halogens is 1. The maximum absolute atomic E-state index is 10.3. The Kier molecular flexibility index (Phi) is 9.57. The Labute approximate surface area is 176 Å². The molecule has 8 heteroatoms. The van der Waals surface area contributed by atoms with Crippen LogP contribution in [0.5, 0.6) is 5.75 Å². The van der Waals surface area contributed by atoms with Gasteiger partial charge in [0.25, 0.3) is 0 Å². The lowest BCUT2D eigenvalue weighted by Crippen LogP contribution is -2.39.